The Labute approximate surface area is 169 Å². The summed E-state index contributed by atoms with van der Waals surface area (Å²) in [5.74, 6) is 0. The van der Waals surface area contributed by atoms with Crippen molar-refractivity contribution < 1.29 is 12.6 Å². The van der Waals surface area contributed by atoms with Crippen LogP contribution in [-0.4, -0.2) is 46.6 Å². The predicted octanol–water partition coefficient (Wildman–Crippen LogP) is 5.06. The van der Waals surface area contributed by atoms with Gasteiger partial charge in [0.2, 0.25) is 0 Å². The van der Waals surface area contributed by atoms with Gasteiger partial charge in [-0.1, -0.05) is 61.3 Å². The summed E-state index contributed by atoms with van der Waals surface area (Å²) in [6.45, 7) is 4.55. The van der Waals surface area contributed by atoms with Gasteiger partial charge < -0.3 is 4.90 Å². The minimum Gasteiger partial charge on any atom is -0.306 e. The summed E-state index contributed by atoms with van der Waals surface area (Å²) >= 11 is 0. The molecular formula is C20H34N4O3S. The Morgan fingerprint density at radius 1 is 0.964 bits per heavy atom. The van der Waals surface area contributed by atoms with Crippen LogP contribution in [0.3, 0.4) is 0 Å². The number of hydrogen-bond acceptors (Lipinski definition) is 5. The largest absolute Gasteiger partial charge is 0.306 e. The summed E-state index contributed by atoms with van der Waals surface area (Å²) in [6.07, 6.45) is 8.86. The van der Waals surface area contributed by atoms with Crippen molar-refractivity contribution in [3.8, 4) is 0 Å². The van der Waals surface area contributed by atoms with Crippen molar-refractivity contribution in [3.05, 3.63) is 40.3 Å². The van der Waals surface area contributed by atoms with Gasteiger partial charge in [0.15, 0.2) is 0 Å². The Balaban J connectivity index is 1.96. The molecule has 0 saturated heterocycles. The van der Waals surface area contributed by atoms with Crippen LogP contribution in [-0.2, 0) is 14.3 Å². The summed E-state index contributed by atoms with van der Waals surface area (Å²) in [5.41, 5.74) is 9.27. The quantitative estimate of drug-likeness (QED) is 0.125. The molecule has 8 heteroatoms. The van der Waals surface area contributed by atoms with Crippen LogP contribution in [0.25, 0.3) is 10.4 Å². The lowest BCUT2D eigenvalue weighted by molar-refractivity contribution is 0.306. The maximum Gasteiger partial charge on any atom is 0.296 e. The number of benzene rings is 1. The first kappa shape index (κ1) is 24.4. The predicted molar refractivity (Wildman–Crippen MR) is 113 cm³/mol. The molecule has 28 heavy (non-hydrogen) atoms. The fraction of sp³-hybridized carbons (Fsp3) is 0.700. The third-order valence-electron chi connectivity index (χ3n) is 4.63. The van der Waals surface area contributed by atoms with Crippen molar-refractivity contribution in [1.82, 2.24) is 4.90 Å². The highest BCUT2D eigenvalue weighted by molar-refractivity contribution is 7.86. The third-order valence-corrected chi connectivity index (χ3v) is 5.95. The van der Waals surface area contributed by atoms with Gasteiger partial charge in [-0.15, -0.1) is 0 Å². The summed E-state index contributed by atoms with van der Waals surface area (Å²) < 4.78 is 29.2. The fourth-order valence-corrected chi connectivity index (χ4v) is 3.80. The van der Waals surface area contributed by atoms with Gasteiger partial charge in [0.05, 0.1) is 11.5 Å². The van der Waals surface area contributed by atoms with Crippen molar-refractivity contribution in [2.24, 2.45) is 5.11 Å². The van der Waals surface area contributed by atoms with Gasteiger partial charge >= 0.3 is 0 Å². The third kappa shape index (κ3) is 11.3. The second-order valence-corrected chi connectivity index (χ2v) is 8.79. The lowest BCUT2D eigenvalue weighted by atomic mass is 10.1. The SMILES string of the molecule is Cc1ccc(S(=O)(=O)OCCCCCCCCCCN(C)CCN=[N+]=[N-])cc1. The van der Waals surface area contributed by atoms with Crippen LogP contribution in [0.4, 0.5) is 0 Å². The van der Waals surface area contributed by atoms with E-state index in [1.54, 1.807) is 24.3 Å². The molecule has 1 aromatic carbocycles. The number of hydrogen-bond donors (Lipinski definition) is 0. The van der Waals surface area contributed by atoms with Gasteiger partial charge in [-0.25, -0.2) is 0 Å². The molecular weight excluding hydrogens is 376 g/mol. The average molecular weight is 411 g/mol. The molecule has 0 amide bonds. The Kier molecular flexibility index (Phi) is 12.6. The van der Waals surface area contributed by atoms with E-state index in [1.165, 1.54) is 25.7 Å². The van der Waals surface area contributed by atoms with Crippen molar-refractivity contribution in [2.45, 2.75) is 63.2 Å². The molecule has 0 saturated carbocycles. The zero-order valence-corrected chi connectivity index (χ0v) is 18.0. The number of nitrogens with zero attached hydrogens (tertiary/aromatic N) is 4. The number of unbranched alkanes of at least 4 members (excludes halogenated alkanes) is 7. The van der Waals surface area contributed by atoms with E-state index >= 15 is 0 Å². The van der Waals surface area contributed by atoms with E-state index in [0.29, 0.717) is 6.54 Å². The van der Waals surface area contributed by atoms with Gasteiger partial charge in [0.25, 0.3) is 10.1 Å². The normalized spacial score (nSPS) is 11.5. The Morgan fingerprint density at radius 2 is 1.54 bits per heavy atom. The monoisotopic (exact) mass is 410 g/mol. The highest BCUT2D eigenvalue weighted by Crippen LogP contribution is 2.14. The van der Waals surface area contributed by atoms with Crippen LogP contribution in [0.1, 0.15) is 56.9 Å². The van der Waals surface area contributed by atoms with Gasteiger partial charge in [0, 0.05) is 18.0 Å². The maximum atomic E-state index is 12.1. The number of likely N-dealkylation sites (N-methyl/N-ethyl adjacent to an activating group) is 1. The maximum absolute atomic E-state index is 12.1. The first-order valence-electron chi connectivity index (χ1n) is 10.1. The second kappa shape index (κ2) is 14.4. The molecule has 1 rings (SSSR count). The van der Waals surface area contributed by atoms with Crippen LogP contribution in [0.15, 0.2) is 34.3 Å². The molecule has 0 unspecified atom stereocenters. The number of aryl methyl sites for hydroxylation is 1. The van der Waals surface area contributed by atoms with E-state index in [2.05, 4.69) is 14.9 Å². The smallest absolute Gasteiger partial charge is 0.296 e. The molecule has 0 atom stereocenters. The molecule has 0 fully saturated rings. The van der Waals surface area contributed by atoms with Gasteiger partial charge in [-0.3, -0.25) is 4.18 Å². The molecule has 7 nitrogen and oxygen atoms in total. The topological polar surface area (TPSA) is 95.4 Å². The minimum absolute atomic E-state index is 0.224. The molecule has 158 valence electrons. The van der Waals surface area contributed by atoms with Gasteiger partial charge in [-0.05, 0) is 51.0 Å². The van der Waals surface area contributed by atoms with Crippen LogP contribution < -0.4 is 0 Å². The molecule has 0 heterocycles. The van der Waals surface area contributed by atoms with Crippen molar-refractivity contribution in [2.75, 3.05) is 33.3 Å². The lowest BCUT2D eigenvalue weighted by Gasteiger charge is -2.14. The molecule has 1 aromatic rings. The second-order valence-electron chi connectivity index (χ2n) is 7.18. The Hall–Kier alpha value is -1.60. The van der Waals surface area contributed by atoms with Gasteiger partial charge in [0.1, 0.15) is 0 Å². The lowest BCUT2D eigenvalue weighted by Crippen LogP contribution is -2.22. The molecule has 0 aliphatic heterocycles. The number of azide groups is 1. The molecule has 0 N–H and O–H groups in total. The van der Waals surface area contributed by atoms with Crippen LogP contribution >= 0.6 is 0 Å². The van der Waals surface area contributed by atoms with Gasteiger partial charge in [-0.2, -0.15) is 8.42 Å². The van der Waals surface area contributed by atoms with E-state index in [4.69, 9.17) is 9.71 Å². The van der Waals surface area contributed by atoms with E-state index in [9.17, 15) is 8.42 Å². The zero-order valence-electron chi connectivity index (χ0n) is 17.2. The Morgan fingerprint density at radius 3 is 2.14 bits per heavy atom. The van der Waals surface area contributed by atoms with Crippen molar-refractivity contribution >= 4 is 10.1 Å². The number of rotatable bonds is 16. The average Bonchev–Trinajstić information content (AvgIpc) is 2.66. The first-order valence-corrected chi connectivity index (χ1v) is 11.5. The van der Waals surface area contributed by atoms with Crippen molar-refractivity contribution in [1.29, 1.82) is 0 Å². The Bertz CT molecular complexity index is 686. The van der Waals surface area contributed by atoms with E-state index < -0.39 is 10.1 Å². The standard InChI is InChI=1S/C20H34N4O3S/c1-19-11-13-20(14-12-19)28(25,26)27-18-10-8-6-4-3-5-7-9-16-24(2)17-15-22-23-21/h11-14H,3-10,15-18H2,1-2H3. The fourth-order valence-electron chi connectivity index (χ4n) is 2.86. The summed E-state index contributed by atoms with van der Waals surface area (Å²) in [7, 11) is -1.58. The highest BCUT2D eigenvalue weighted by Gasteiger charge is 2.14. The molecule has 0 aliphatic carbocycles. The van der Waals surface area contributed by atoms with Crippen LogP contribution in [0.5, 0.6) is 0 Å². The van der Waals surface area contributed by atoms with E-state index in [0.717, 1.165) is 44.3 Å². The molecule has 0 spiro atoms. The molecule has 0 aliphatic rings. The summed E-state index contributed by atoms with van der Waals surface area (Å²) in [6, 6.07) is 6.72. The van der Waals surface area contributed by atoms with E-state index in [1.807, 2.05) is 14.0 Å². The molecule has 0 aromatic heterocycles. The zero-order chi connectivity index (χ0) is 20.7. The minimum atomic E-state index is -3.63. The van der Waals surface area contributed by atoms with Crippen molar-refractivity contribution in [3.63, 3.8) is 0 Å². The van der Waals surface area contributed by atoms with Crippen LogP contribution in [0, 0.1) is 6.92 Å². The highest BCUT2D eigenvalue weighted by atomic mass is 32.2. The molecule has 0 radical (unpaired) electrons. The first-order chi connectivity index (χ1) is 13.5. The summed E-state index contributed by atoms with van der Waals surface area (Å²) in [5, 5.41) is 3.54. The van der Waals surface area contributed by atoms with E-state index in [-0.39, 0.29) is 11.5 Å². The van der Waals surface area contributed by atoms with Crippen LogP contribution in [0.2, 0.25) is 0 Å². The summed E-state index contributed by atoms with van der Waals surface area (Å²) in [4.78, 5) is 5.17. The molecule has 0 bridgehead atoms.